The summed E-state index contributed by atoms with van der Waals surface area (Å²) in [7, 11) is 3.93. The Labute approximate surface area is 213 Å². The summed E-state index contributed by atoms with van der Waals surface area (Å²) in [4.78, 5) is 41.2. The van der Waals surface area contributed by atoms with Crippen LogP contribution in [-0.4, -0.2) is 97.7 Å². The molecular formula is C21H33N7O5S2. The highest BCUT2D eigenvalue weighted by Crippen LogP contribution is 2.41. The molecule has 2 aliphatic heterocycles. The molecule has 1 aromatic rings. The lowest BCUT2D eigenvalue weighted by molar-refractivity contribution is -0.184. The first-order valence-corrected chi connectivity index (χ1v) is 13.5. The van der Waals surface area contributed by atoms with Crippen molar-refractivity contribution in [1.29, 1.82) is 0 Å². The Morgan fingerprint density at radius 2 is 2.06 bits per heavy atom. The number of β-lactam (4-membered cyclic amide) rings is 1. The lowest BCUT2D eigenvalue weighted by Gasteiger charge is -2.48. The van der Waals surface area contributed by atoms with Gasteiger partial charge in [-0.05, 0) is 36.0 Å². The molecule has 35 heavy (non-hydrogen) atoms. The Kier molecular flexibility index (Phi) is 9.55. The van der Waals surface area contributed by atoms with Gasteiger partial charge < -0.3 is 20.1 Å². The van der Waals surface area contributed by atoms with Crippen LogP contribution < -0.4 is 5.73 Å². The number of tetrazole rings is 1. The van der Waals surface area contributed by atoms with Gasteiger partial charge in [0.2, 0.25) is 17.4 Å². The normalized spacial score (nSPS) is 21.5. The molecule has 0 spiro atoms. The second kappa shape index (κ2) is 12.2. The monoisotopic (exact) mass is 527 g/mol. The highest BCUT2D eigenvalue weighted by molar-refractivity contribution is 8.01. The van der Waals surface area contributed by atoms with E-state index in [0.717, 1.165) is 13.0 Å². The van der Waals surface area contributed by atoms with Gasteiger partial charge in [-0.1, -0.05) is 32.0 Å². The molecule has 194 valence electrons. The van der Waals surface area contributed by atoms with Crippen LogP contribution in [0.15, 0.2) is 16.4 Å². The van der Waals surface area contributed by atoms with Crippen molar-refractivity contribution in [2.75, 3.05) is 32.1 Å². The number of nitrogens with zero attached hydrogens (tertiary/aromatic N) is 6. The van der Waals surface area contributed by atoms with Crippen molar-refractivity contribution in [2.24, 2.45) is 11.7 Å². The molecule has 2 aliphatic rings. The number of hydrogen-bond donors (Lipinski definition) is 1. The highest BCUT2D eigenvalue weighted by atomic mass is 32.2. The summed E-state index contributed by atoms with van der Waals surface area (Å²) < 4.78 is 12.4. The molecule has 1 amide bonds. The van der Waals surface area contributed by atoms with Gasteiger partial charge in [0.25, 0.3) is 0 Å². The number of carbonyl (C=O) groups excluding carboxylic acids is 3. The maximum atomic E-state index is 13.2. The van der Waals surface area contributed by atoms with Crippen LogP contribution in [0.4, 0.5) is 0 Å². The average Bonchev–Trinajstić information content (AvgIpc) is 3.27. The van der Waals surface area contributed by atoms with Gasteiger partial charge in [-0.3, -0.25) is 14.5 Å². The highest BCUT2D eigenvalue weighted by Gasteiger charge is 2.52. The van der Waals surface area contributed by atoms with Crippen molar-refractivity contribution in [1.82, 2.24) is 30.0 Å². The third kappa shape index (κ3) is 6.74. The SMILES string of the molecule is CCC(C)CC(=O)OC(C)OC(=O)C1=C(CSc2nnnn2CCN(C)C)CS[C@H]2[C@H](N)C(=O)N12. The number of carbonyl (C=O) groups is 3. The molecule has 2 N–H and O–H groups in total. The fourth-order valence-corrected chi connectivity index (χ4v) is 5.79. The molecule has 1 fully saturated rings. The molecule has 0 aliphatic carbocycles. The van der Waals surface area contributed by atoms with E-state index < -0.39 is 24.3 Å². The molecule has 14 heteroatoms. The van der Waals surface area contributed by atoms with E-state index in [1.165, 1.54) is 35.3 Å². The van der Waals surface area contributed by atoms with Gasteiger partial charge >= 0.3 is 11.9 Å². The van der Waals surface area contributed by atoms with E-state index in [9.17, 15) is 14.4 Å². The van der Waals surface area contributed by atoms with Crippen molar-refractivity contribution in [3.8, 4) is 0 Å². The zero-order valence-electron chi connectivity index (χ0n) is 20.7. The minimum atomic E-state index is -1.09. The fourth-order valence-electron chi connectivity index (χ4n) is 3.46. The quantitative estimate of drug-likeness (QED) is 0.177. The lowest BCUT2D eigenvalue weighted by atomic mass is 10.0. The van der Waals surface area contributed by atoms with Crippen LogP contribution >= 0.6 is 23.5 Å². The van der Waals surface area contributed by atoms with Gasteiger partial charge in [-0.2, -0.15) is 0 Å². The number of thioether (sulfide) groups is 2. The first kappa shape index (κ1) is 27.4. The Bertz CT molecular complexity index is 970. The summed E-state index contributed by atoms with van der Waals surface area (Å²) >= 11 is 2.88. The van der Waals surface area contributed by atoms with Gasteiger partial charge in [-0.15, -0.1) is 16.9 Å². The summed E-state index contributed by atoms with van der Waals surface area (Å²) in [5.41, 5.74) is 6.81. The average molecular weight is 528 g/mol. The molecule has 12 nitrogen and oxygen atoms in total. The second-order valence-electron chi connectivity index (χ2n) is 8.84. The smallest absolute Gasteiger partial charge is 0.358 e. The van der Waals surface area contributed by atoms with Crippen LogP contribution in [0.5, 0.6) is 0 Å². The lowest BCUT2D eigenvalue weighted by Crippen LogP contribution is -2.68. The molecule has 1 saturated heterocycles. The minimum Gasteiger partial charge on any atom is -0.425 e. The van der Waals surface area contributed by atoms with E-state index in [4.69, 9.17) is 15.2 Å². The number of esters is 2. The number of ether oxygens (including phenoxy) is 2. The summed E-state index contributed by atoms with van der Waals surface area (Å²) in [6, 6.07) is -0.666. The molecule has 3 heterocycles. The Morgan fingerprint density at radius 3 is 2.74 bits per heavy atom. The summed E-state index contributed by atoms with van der Waals surface area (Å²) in [5, 5.41) is 12.1. The van der Waals surface area contributed by atoms with Crippen molar-refractivity contribution < 1.29 is 23.9 Å². The zero-order valence-corrected chi connectivity index (χ0v) is 22.3. The van der Waals surface area contributed by atoms with Crippen LogP contribution in [0.25, 0.3) is 0 Å². The Morgan fingerprint density at radius 1 is 1.31 bits per heavy atom. The van der Waals surface area contributed by atoms with E-state index in [1.807, 2.05) is 32.8 Å². The molecule has 0 aromatic carbocycles. The summed E-state index contributed by atoms with van der Waals surface area (Å²) in [5.74, 6) is -0.444. The standard InChI is InChI=1S/C21H33N7O5S2/c1-6-12(2)9-15(29)32-13(3)33-20(31)17-14(10-34-19-16(22)18(30)28(17)19)11-35-21-23-24-25-27(21)8-7-26(4)5/h12-13,16,19H,6-11,22H2,1-5H3/t12?,13?,16-,19+/m1/s1. The molecule has 2 unspecified atom stereocenters. The summed E-state index contributed by atoms with van der Waals surface area (Å²) in [6.07, 6.45) is -0.00718. The first-order chi connectivity index (χ1) is 16.6. The van der Waals surface area contributed by atoms with Crippen LogP contribution in [-0.2, 0) is 30.4 Å². The van der Waals surface area contributed by atoms with Gasteiger partial charge in [0.05, 0.1) is 6.54 Å². The number of fused-ring (bicyclic) bond motifs is 1. The number of aromatic nitrogens is 4. The maximum absolute atomic E-state index is 13.2. The first-order valence-electron chi connectivity index (χ1n) is 11.5. The zero-order chi connectivity index (χ0) is 25.7. The minimum absolute atomic E-state index is 0.157. The van der Waals surface area contributed by atoms with Crippen molar-refractivity contribution in [3.63, 3.8) is 0 Å². The van der Waals surface area contributed by atoms with Crippen molar-refractivity contribution in [3.05, 3.63) is 11.3 Å². The Balaban J connectivity index is 1.72. The van der Waals surface area contributed by atoms with Crippen LogP contribution in [0.2, 0.25) is 0 Å². The van der Waals surface area contributed by atoms with Gasteiger partial charge in [0, 0.05) is 31.4 Å². The van der Waals surface area contributed by atoms with Crippen molar-refractivity contribution >= 4 is 41.4 Å². The van der Waals surface area contributed by atoms with Gasteiger partial charge in [0.1, 0.15) is 17.1 Å². The van der Waals surface area contributed by atoms with E-state index in [-0.39, 0.29) is 29.3 Å². The third-order valence-electron chi connectivity index (χ3n) is 5.70. The third-order valence-corrected chi connectivity index (χ3v) is 8.10. The van der Waals surface area contributed by atoms with Crippen molar-refractivity contribution in [2.45, 2.75) is 63.0 Å². The number of amides is 1. The maximum Gasteiger partial charge on any atom is 0.358 e. The topological polar surface area (TPSA) is 146 Å². The van der Waals surface area contributed by atoms with E-state index in [2.05, 4.69) is 15.5 Å². The molecule has 0 bridgehead atoms. The Hall–Kier alpha value is -2.16. The molecule has 4 atom stereocenters. The second-order valence-corrected chi connectivity index (χ2v) is 10.9. The molecule has 3 rings (SSSR count). The van der Waals surface area contributed by atoms with Gasteiger partial charge in [-0.25, -0.2) is 9.48 Å². The summed E-state index contributed by atoms with van der Waals surface area (Å²) in [6.45, 7) is 6.80. The largest absolute Gasteiger partial charge is 0.425 e. The van der Waals surface area contributed by atoms with Crippen LogP contribution in [0.3, 0.4) is 0 Å². The molecule has 1 aromatic heterocycles. The number of nitrogens with two attached hydrogens (primary N) is 1. The van der Waals surface area contributed by atoms with Crippen LogP contribution in [0, 0.1) is 5.92 Å². The predicted molar refractivity (Wildman–Crippen MR) is 131 cm³/mol. The van der Waals surface area contributed by atoms with E-state index in [0.29, 0.717) is 28.8 Å². The van der Waals surface area contributed by atoms with E-state index in [1.54, 1.807) is 4.68 Å². The predicted octanol–water partition coefficient (Wildman–Crippen LogP) is 0.692. The van der Waals surface area contributed by atoms with Crippen LogP contribution in [0.1, 0.15) is 33.6 Å². The van der Waals surface area contributed by atoms with E-state index >= 15 is 0 Å². The molecule has 0 radical (unpaired) electrons. The fraction of sp³-hybridized carbons (Fsp3) is 0.714. The number of rotatable bonds is 12. The van der Waals surface area contributed by atoms with Gasteiger partial charge in [0.15, 0.2) is 0 Å². The molecular weight excluding hydrogens is 494 g/mol. The number of likely N-dealkylation sites (N-methyl/N-ethyl adjacent to an activating group) is 1. The number of hydrogen-bond acceptors (Lipinski definition) is 12. The molecule has 0 saturated carbocycles.